The van der Waals surface area contributed by atoms with Gasteiger partial charge in [-0.3, -0.25) is 9.63 Å². The van der Waals surface area contributed by atoms with Crippen LogP contribution in [0.25, 0.3) is 0 Å². The van der Waals surface area contributed by atoms with E-state index in [9.17, 15) is 9.90 Å². The Labute approximate surface area is 84.3 Å². The molecule has 1 atom stereocenters. The summed E-state index contributed by atoms with van der Waals surface area (Å²) in [5.41, 5.74) is -1.46. The maximum absolute atomic E-state index is 11.5. The van der Waals surface area contributed by atoms with Gasteiger partial charge in [0.2, 0.25) is 0 Å². The Morgan fingerprint density at radius 1 is 1.79 bits per heavy atom. The number of carbonyl (C=O) groups excluding carboxylic acids is 1. The van der Waals surface area contributed by atoms with Crippen LogP contribution < -0.4 is 5.32 Å². The van der Waals surface area contributed by atoms with Crippen LogP contribution in [0.3, 0.4) is 0 Å². The second-order valence-electron chi connectivity index (χ2n) is 3.18. The smallest absolute Gasteiger partial charge is 0.278 e. The maximum Gasteiger partial charge on any atom is 0.278 e. The van der Waals surface area contributed by atoms with E-state index in [1.165, 1.54) is 21.1 Å². The summed E-state index contributed by atoms with van der Waals surface area (Å²) in [6.45, 7) is 5.64. The van der Waals surface area contributed by atoms with Crippen molar-refractivity contribution >= 4 is 5.91 Å². The highest BCUT2D eigenvalue weighted by molar-refractivity contribution is 5.83. The van der Waals surface area contributed by atoms with Crippen LogP contribution >= 0.6 is 0 Å². The molecule has 0 aromatic carbocycles. The van der Waals surface area contributed by atoms with Crippen LogP contribution in [0.5, 0.6) is 0 Å². The molecule has 5 heteroatoms. The molecule has 0 fully saturated rings. The normalized spacial score (nSPS) is 14.6. The first-order chi connectivity index (χ1) is 6.45. The predicted octanol–water partition coefficient (Wildman–Crippen LogP) is -0.467. The molecule has 0 aliphatic carbocycles. The SMILES string of the molecule is C=CCNCC(C)(O)C(=O)N(C)OC. The predicted molar refractivity (Wildman–Crippen MR) is 53.5 cm³/mol. The molecular formula is C9H18N2O3. The number of hydrogen-bond donors (Lipinski definition) is 2. The van der Waals surface area contributed by atoms with Gasteiger partial charge in [-0.05, 0) is 6.92 Å². The van der Waals surface area contributed by atoms with E-state index in [-0.39, 0.29) is 6.54 Å². The summed E-state index contributed by atoms with van der Waals surface area (Å²) in [5.74, 6) is -0.489. The molecule has 0 saturated heterocycles. The van der Waals surface area contributed by atoms with Gasteiger partial charge >= 0.3 is 0 Å². The highest BCUT2D eigenvalue weighted by atomic mass is 16.7. The fraction of sp³-hybridized carbons (Fsp3) is 0.667. The summed E-state index contributed by atoms with van der Waals surface area (Å²) in [5, 5.41) is 13.6. The van der Waals surface area contributed by atoms with Crippen molar-refractivity contribution in [3.63, 3.8) is 0 Å². The maximum atomic E-state index is 11.5. The standard InChI is InChI=1S/C9H18N2O3/c1-5-6-10-7-9(2,13)8(12)11(3)14-4/h5,10,13H,1,6-7H2,2-4H3. The van der Waals surface area contributed by atoms with Gasteiger partial charge in [0.05, 0.1) is 7.11 Å². The van der Waals surface area contributed by atoms with Crippen molar-refractivity contribution in [1.29, 1.82) is 0 Å². The van der Waals surface area contributed by atoms with Crippen LogP contribution in [0.4, 0.5) is 0 Å². The van der Waals surface area contributed by atoms with Crippen molar-refractivity contribution in [3.05, 3.63) is 12.7 Å². The molecule has 0 aromatic heterocycles. The van der Waals surface area contributed by atoms with Crippen molar-refractivity contribution in [3.8, 4) is 0 Å². The minimum atomic E-state index is -1.46. The lowest BCUT2D eigenvalue weighted by Gasteiger charge is -2.26. The molecule has 0 aromatic rings. The zero-order chi connectivity index (χ0) is 11.2. The summed E-state index contributed by atoms with van der Waals surface area (Å²) in [7, 11) is 2.81. The minimum Gasteiger partial charge on any atom is -0.379 e. The lowest BCUT2D eigenvalue weighted by Crippen LogP contribution is -2.51. The topological polar surface area (TPSA) is 61.8 Å². The van der Waals surface area contributed by atoms with Crippen LogP contribution in [0.2, 0.25) is 0 Å². The third-order valence-electron chi connectivity index (χ3n) is 1.78. The molecule has 0 bridgehead atoms. The van der Waals surface area contributed by atoms with E-state index in [1.54, 1.807) is 6.08 Å². The van der Waals surface area contributed by atoms with Gasteiger partial charge < -0.3 is 10.4 Å². The van der Waals surface area contributed by atoms with Gasteiger partial charge in [0.1, 0.15) is 0 Å². The minimum absolute atomic E-state index is 0.158. The Kier molecular flexibility index (Phi) is 5.37. The monoisotopic (exact) mass is 202 g/mol. The number of aliphatic hydroxyl groups is 1. The molecule has 0 saturated carbocycles. The van der Waals surface area contributed by atoms with Gasteiger partial charge in [-0.15, -0.1) is 6.58 Å². The highest BCUT2D eigenvalue weighted by Crippen LogP contribution is 2.06. The van der Waals surface area contributed by atoms with Gasteiger partial charge in [0.25, 0.3) is 5.91 Å². The molecule has 0 radical (unpaired) electrons. The number of hydrogen-bond acceptors (Lipinski definition) is 4. The van der Waals surface area contributed by atoms with Gasteiger partial charge in [-0.2, -0.15) is 0 Å². The Bertz CT molecular complexity index is 204. The van der Waals surface area contributed by atoms with Crippen LogP contribution in [0.15, 0.2) is 12.7 Å². The number of amides is 1. The third-order valence-corrected chi connectivity index (χ3v) is 1.78. The first kappa shape index (κ1) is 13.1. The van der Waals surface area contributed by atoms with E-state index in [0.717, 1.165) is 5.06 Å². The average molecular weight is 202 g/mol. The van der Waals surface area contributed by atoms with Gasteiger partial charge in [0, 0.05) is 20.1 Å². The lowest BCUT2D eigenvalue weighted by molar-refractivity contribution is -0.186. The Morgan fingerprint density at radius 2 is 2.36 bits per heavy atom. The van der Waals surface area contributed by atoms with Crippen LogP contribution in [0.1, 0.15) is 6.92 Å². The van der Waals surface area contributed by atoms with Gasteiger partial charge in [0.15, 0.2) is 5.60 Å². The van der Waals surface area contributed by atoms with Crippen molar-refractivity contribution < 1.29 is 14.7 Å². The van der Waals surface area contributed by atoms with E-state index in [0.29, 0.717) is 6.54 Å². The quantitative estimate of drug-likeness (QED) is 0.347. The summed E-state index contributed by atoms with van der Waals surface area (Å²) >= 11 is 0. The largest absolute Gasteiger partial charge is 0.379 e. The molecule has 0 heterocycles. The lowest BCUT2D eigenvalue weighted by atomic mass is 10.1. The molecule has 2 N–H and O–H groups in total. The van der Waals surface area contributed by atoms with E-state index in [2.05, 4.69) is 16.7 Å². The Balaban J connectivity index is 4.15. The highest BCUT2D eigenvalue weighted by Gasteiger charge is 2.32. The van der Waals surface area contributed by atoms with E-state index in [1.807, 2.05) is 0 Å². The summed E-state index contributed by atoms with van der Waals surface area (Å²) in [6, 6.07) is 0. The third kappa shape index (κ3) is 3.87. The number of likely N-dealkylation sites (N-methyl/N-ethyl adjacent to an activating group) is 1. The summed E-state index contributed by atoms with van der Waals surface area (Å²) < 4.78 is 0. The van der Waals surface area contributed by atoms with Crippen LogP contribution in [-0.2, 0) is 9.63 Å². The zero-order valence-corrected chi connectivity index (χ0v) is 8.91. The number of rotatable bonds is 6. The van der Waals surface area contributed by atoms with Crippen molar-refractivity contribution in [2.24, 2.45) is 0 Å². The molecule has 0 aliphatic heterocycles. The second-order valence-corrected chi connectivity index (χ2v) is 3.18. The molecule has 5 nitrogen and oxygen atoms in total. The number of nitrogens with zero attached hydrogens (tertiary/aromatic N) is 1. The average Bonchev–Trinajstić information content (AvgIpc) is 2.15. The number of carbonyl (C=O) groups is 1. The van der Waals surface area contributed by atoms with Gasteiger partial charge in [-0.25, -0.2) is 5.06 Å². The molecule has 14 heavy (non-hydrogen) atoms. The van der Waals surface area contributed by atoms with E-state index < -0.39 is 11.5 Å². The second kappa shape index (κ2) is 5.74. The Hall–Kier alpha value is -0.910. The first-order valence-electron chi connectivity index (χ1n) is 4.32. The molecule has 82 valence electrons. The van der Waals surface area contributed by atoms with Crippen molar-refractivity contribution in [2.45, 2.75) is 12.5 Å². The van der Waals surface area contributed by atoms with Crippen molar-refractivity contribution in [2.75, 3.05) is 27.2 Å². The molecule has 1 unspecified atom stereocenters. The van der Waals surface area contributed by atoms with Gasteiger partial charge in [-0.1, -0.05) is 6.08 Å². The molecule has 0 rings (SSSR count). The fourth-order valence-electron chi connectivity index (χ4n) is 0.915. The molecule has 0 spiro atoms. The number of hydroxylamine groups is 2. The first-order valence-corrected chi connectivity index (χ1v) is 4.32. The Morgan fingerprint density at radius 3 is 2.79 bits per heavy atom. The molecule has 0 aliphatic rings. The summed E-state index contributed by atoms with van der Waals surface area (Å²) in [6.07, 6.45) is 1.65. The summed E-state index contributed by atoms with van der Waals surface area (Å²) in [4.78, 5) is 16.2. The van der Waals surface area contributed by atoms with Crippen LogP contribution in [0, 0.1) is 0 Å². The zero-order valence-electron chi connectivity index (χ0n) is 8.91. The van der Waals surface area contributed by atoms with Crippen molar-refractivity contribution in [1.82, 2.24) is 10.4 Å². The van der Waals surface area contributed by atoms with E-state index >= 15 is 0 Å². The number of nitrogens with one attached hydrogen (secondary N) is 1. The van der Waals surface area contributed by atoms with E-state index in [4.69, 9.17) is 0 Å². The van der Waals surface area contributed by atoms with Crippen LogP contribution in [-0.4, -0.2) is 48.9 Å². The fourth-order valence-corrected chi connectivity index (χ4v) is 0.915. The molecule has 1 amide bonds. The molecular weight excluding hydrogens is 184 g/mol.